The van der Waals surface area contributed by atoms with Gasteiger partial charge in [0, 0.05) is 0 Å². The molecule has 2 atom stereocenters. The van der Waals surface area contributed by atoms with Crippen molar-refractivity contribution in [2.45, 2.75) is 89.6 Å². The minimum atomic E-state index is -0.599. The Hall–Kier alpha value is 0.310. The highest BCUT2D eigenvalue weighted by Crippen LogP contribution is 2.23. The Balaban J connectivity index is 4.14. The maximum atomic E-state index is 12.4. The molecule has 0 aliphatic heterocycles. The van der Waals surface area contributed by atoms with Crippen LogP contribution in [0, 0.1) is 0 Å². The van der Waals surface area contributed by atoms with Crippen molar-refractivity contribution in [1.29, 1.82) is 0 Å². The predicted octanol–water partition coefficient (Wildman–Crippen LogP) is 4.67. The molecule has 0 saturated carbocycles. The molecule has 0 aromatic carbocycles. The van der Waals surface area contributed by atoms with E-state index < -0.39 is 11.2 Å². The Bertz CT molecular complexity index is 134. The molecule has 0 amide bonds. The summed E-state index contributed by atoms with van der Waals surface area (Å²) in [5.74, 6) is 0. The van der Waals surface area contributed by atoms with Crippen molar-refractivity contribution in [3.05, 3.63) is 0 Å². The molecular formula is C14H30OS. The van der Waals surface area contributed by atoms with Crippen molar-refractivity contribution in [3.63, 3.8) is 0 Å². The van der Waals surface area contributed by atoms with Gasteiger partial charge in [-0.05, 0) is 49.7 Å². The Morgan fingerprint density at radius 1 is 0.812 bits per heavy atom. The third kappa shape index (κ3) is 6.15. The van der Waals surface area contributed by atoms with Crippen molar-refractivity contribution in [3.8, 4) is 0 Å². The van der Waals surface area contributed by atoms with E-state index >= 15 is 0 Å². The van der Waals surface area contributed by atoms with Gasteiger partial charge in [-0.15, -0.1) is 0 Å². The fraction of sp³-hybridized carbons (Fsp3) is 1.00. The lowest BCUT2D eigenvalue weighted by molar-refractivity contribution is 0.526. The highest BCUT2D eigenvalue weighted by molar-refractivity contribution is 7.92. The standard InChI is InChI=1S/C14H30OS/c1-5-9-11-13(7-3)16(15)14(8-4)12-10-6-2/h13-14H,5-12H2,1-4H3. The predicted molar refractivity (Wildman–Crippen MR) is 75.4 cm³/mol. The van der Waals surface area contributed by atoms with Gasteiger partial charge >= 0.3 is 0 Å². The third-order valence-electron chi connectivity index (χ3n) is 3.33. The third-order valence-corrected chi connectivity index (χ3v) is 5.78. The van der Waals surface area contributed by atoms with Crippen LogP contribution in [0.5, 0.6) is 0 Å². The van der Waals surface area contributed by atoms with Crippen molar-refractivity contribution in [2.75, 3.05) is 0 Å². The summed E-state index contributed by atoms with van der Waals surface area (Å²) in [5, 5.41) is 0.892. The zero-order chi connectivity index (χ0) is 12.4. The number of hydrogen-bond donors (Lipinski definition) is 0. The Kier molecular flexibility index (Phi) is 10.7. The van der Waals surface area contributed by atoms with E-state index in [-0.39, 0.29) is 0 Å². The van der Waals surface area contributed by atoms with E-state index in [1.54, 1.807) is 0 Å². The summed E-state index contributed by atoms with van der Waals surface area (Å²) in [6.07, 6.45) is 9.37. The van der Waals surface area contributed by atoms with Crippen molar-refractivity contribution >= 4 is 11.2 Å². The van der Waals surface area contributed by atoms with E-state index in [2.05, 4.69) is 27.7 Å². The van der Waals surface area contributed by atoms with Gasteiger partial charge in [0.1, 0.15) is 10.5 Å². The molecule has 16 heavy (non-hydrogen) atoms. The average Bonchev–Trinajstić information content (AvgIpc) is 2.31. The molecule has 2 heteroatoms. The Morgan fingerprint density at radius 2 is 1.19 bits per heavy atom. The molecule has 98 valence electrons. The first-order valence-electron chi connectivity index (χ1n) is 7.10. The lowest BCUT2D eigenvalue weighted by Gasteiger charge is -2.27. The van der Waals surface area contributed by atoms with Crippen LogP contribution in [0.15, 0.2) is 0 Å². The van der Waals surface area contributed by atoms with Crippen LogP contribution in [-0.2, 0) is 11.2 Å². The van der Waals surface area contributed by atoms with Gasteiger partial charge in [0.2, 0.25) is 0 Å². The van der Waals surface area contributed by atoms with E-state index in [0.717, 1.165) is 25.7 Å². The summed E-state index contributed by atoms with van der Waals surface area (Å²) < 4.78 is 12.4. The van der Waals surface area contributed by atoms with Gasteiger partial charge in [-0.3, -0.25) is 0 Å². The molecule has 0 bridgehead atoms. The smallest absolute Gasteiger partial charge is 0.115 e. The summed E-state index contributed by atoms with van der Waals surface area (Å²) >= 11 is -0.599. The molecule has 1 nitrogen and oxygen atoms in total. The largest absolute Gasteiger partial charge is 0.616 e. The zero-order valence-electron chi connectivity index (χ0n) is 11.6. The molecule has 0 rings (SSSR count). The molecule has 0 heterocycles. The van der Waals surface area contributed by atoms with Gasteiger partial charge in [0.05, 0.1) is 0 Å². The zero-order valence-corrected chi connectivity index (χ0v) is 12.4. The molecule has 0 aromatic heterocycles. The molecule has 0 fully saturated rings. The van der Waals surface area contributed by atoms with Gasteiger partial charge in [-0.25, -0.2) is 0 Å². The first-order chi connectivity index (χ1) is 7.71. The van der Waals surface area contributed by atoms with Crippen LogP contribution in [0.2, 0.25) is 0 Å². The maximum Gasteiger partial charge on any atom is 0.115 e. The molecule has 2 unspecified atom stereocenters. The van der Waals surface area contributed by atoms with E-state index in [1.807, 2.05) is 0 Å². The van der Waals surface area contributed by atoms with Crippen LogP contribution in [-0.4, -0.2) is 15.1 Å². The minimum Gasteiger partial charge on any atom is -0.616 e. The molecule has 0 aliphatic rings. The lowest BCUT2D eigenvalue weighted by atomic mass is 10.1. The first kappa shape index (κ1) is 16.3. The fourth-order valence-electron chi connectivity index (χ4n) is 2.10. The van der Waals surface area contributed by atoms with Crippen LogP contribution in [0.4, 0.5) is 0 Å². The summed E-state index contributed by atoms with van der Waals surface area (Å²) in [6, 6.07) is 0. The molecule has 0 aromatic rings. The highest BCUT2D eigenvalue weighted by Gasteiger charge is 2.27. The number of rotatable bonds is 10. The van der Waals surface area contributed by atoms with Crippen LogP contribution in [0.3, 0.4) is 0 Å². The molecule has 0 aliphatic carbocycles. The summed E-state index contributed by atoms with van der Waals surface area (Å²) in [7, 11) is 0. The molecule has 0 N–H and O–H groups in total. The summed E-state index contributed by atoms with van der Waals surface area (Å²) in [5.41, 5.74) is 0. The molecular weight excluding hydrogens is 216 g/mol. The van der Waals surface area contributed by atoms with Gasteiger partial charge in [-0.1, -0.05) is 40.5 Å². The Morgan fingerprint density at radius 3 is 1.44 bits per heavy atom. The van der Waals surface area contributed by atoms with E-state index in [4.69, 9.17) is 0 Å². The average molecular weight is 246 g/mol. The maximum absolute atomic E-state index is 12.4. The van der Waals surface area contributed by atoms with Crippen LogP contribution < -0.4 is 0 Å². The van der Waals surface area contributed by atoms with Gasteiger partial charge < -0.3 is 4.55 Å². The molecule has 0 radical (unpaired) electrons. The number of unbranched alkanes of at least 4 members (excludes halogenated alkanes) is 2. The number of hydrogen-bond acceptors (Lipinski definition) is 1. The van der Waals surface area contributed by atoms with E-state index in [9.17, 15) is 4.55 Å². The normalized spacial score (nSPS) is 17.1. The van der Waals surface area contributed by atoms with Gasteiger partial charge in [0.25, 0.3) is 0 Å². The second-order valence-electron chi connectivity index (χ2n) is 4.67. The molecule has 0 saturated heterocycles. The topological polar surface area (TPSA) is 23.1 Å². The van der Waals surface area contributed by atoms with Gasteiger partial charge in [-0.2, -0.15) is 0 Å². The van der Waals surface area contributed by atoms with E-state index in [1.165, 1.54) is 25.7 Å². The highest BCUT2D eigenvalue weighted by atomic mass is 32.2. The minimum absolute atomic E-state index is 0.446. The van der Waals surface area contributed by atoms with Crippen LogP contribution in [0.1, 0.15) is 79.1 Å². The summed E-state index contributed by atoms with van der Waals surface area (Å²) in [4.78, 5) is 0. The van der Waals surface area contributed by atoms with Crippen LogP contribution >= 0.6 is 0 Å². The van der Waals surface area contributed by atoms with Crippen LogP contribution in [0.25, 0.3) is 0 Å². The fourth-order valence-corrected chi connectivity index (χ4v) is 4.10. The van der Waals surface area contributed by atoms with Crippen molar-refractivity contribution in [2.24, 2.45) is 0 Å². The second kappa shape index (κ2) is 10.5. The second-order valence-corrected chi connectivity index (χ2v) is 6.66. The SMILES string of the molecule is CCCCC(CC)[S+]([O-])C(CC)CCCC. The monoisotopic (exact) mass is 246 g/mol. The summed E-state index contributed by atoms with van der Waals surface area (Å²) in [6.45, 7) is 8.80. The van der Waals surface area contributed by atoms with Crippen molar-refractivity contribution in [1.82, 2.24) is 0 Å². The Labute approximate surface area is 106 Å². The lowest BCUT2D eigenvalue weighted by Crippen LogP contribution is -2.31. The van der Waals surface area contributed by atoms with Gasteiger partial charge in [0.15, 0.2) is 0 Å². The quantitative estimate of drug-likeness (QED) is 0.514. The first-order valence-corrected chi connectivity index (χ1v) is 8.38. The molecule has 0 spiro atoms. The van der Waals surface area contributed by atoms with E-state index in [0.29, 0.717) is 10.5 Å². The van der Waals surface area contributed by atoms with Crippen molar-refractivity contribution < 1.29 is 4.55 Å².